The summed E-state index contributed by atoms with van der Waals surface area (Å²) in [6.45, 7) is 9.63. The maximum atomic E-state index is 13.1. The Morgan fingerprint density at radius 1 is 1.14 bits per heavy atom. The molecule has 1 aromatic rings. The number of methoxy groups -OCH3 is 1. The zero-order valence-corrected chi connectivity index (χ0v) is 18.3. The Morgan fingerprint density at radius 2 is 1.79 bits per heavy atom. The van der Waals surface area contributed by atoms with Gasteiger partial charge in [0.15, 0.2) is 0 Å². The standard InChI is InChI=1S/C23H34N2O4/c1-16(21(26)24-14-18(15-24)17-10-7-6-8-11-17)20(28-5)19-12-9-13-25(19)22(27)29-23(2,3)4/h6-8,10-11,16,18-20H,9,12-15H2,1-5H3/t16-,19+,20-/m1/s1. The molecule has 2 saturated heterocycles. The Balaban J connectivity index is 1.61. The summed E-state index contributed by atoms with van der Waals surface area (Å²) in [5, 5.41) is 0. The van der Waals surface area contributed by atoms with E-state index in [9.17, 15) is 9.59 Å². The van der Waals surface area contributed by atoms with Crippen molar-refractivity contribution >= 4 is 12.0 Å². The number of amides is 2. The van der Waals surface area contributed by atoms with E-state index in [0.717, 1.165) is 25.9 Å². The van der Waals surface area contributed by atoms with E-state index in [2.05, 4.69) is 12.1 Å². The highest BCUT2D eigenvalue weighted by atomic mass is 16.6. The number of hydrogen-bond acceptors (Lipinski definition) is 4. The maximum Gasteiger partial charge on any atom is 0.410 e. The molecule has 29 heavy (non-hydrogen) atoms. The number of carbonyl (C=O) groups excluding carboxylic acids is 2. The van der Waals surface area contributed by atoms with Crippen LogP contribution in [0.2, 0.25) is 0 Å². The molecule has 0 bridgehead atoms. The van der Waals surface area contributed by atoms with E-state index >= 15 is 0 Å². The molecule has 0 N–H and O–H groups in total. The van der Waals surface area contributed by atoms with Gasteiger partial charge in [-0.1, -0.05) is 37.3 Å². The van der Waals surface area contributed by atoms with Gasteiger partial charge in [0.05, 0.1) is 18.1 Å². The Bertz CT molecular complexity index is 709. The summed E-state index contributed by atoms with van der Waals surface area (Å²) in [6.07, 6.45) is 1.05. The first-order valence-electron chi connectivity index (χ1n) is 10.6. The molecule has 2 aliphatic rings. The van der Waals surface area contributed by atoms with E-state index in [1.165, 1.54) is 5.56 Å². The van der Waals surface area contributed by atoms with Gasteiger partial charge in [0.1, 0.15) is 5.60 Å². The van der Waals surface area contributed by atoms with Crippen LogP contribution >= 0.6 is 0 Å². The lowest BCUT2D eigenvalue weighted by Crippen LogP contribution is -2.55. The minimum atomic E-state index is -0.543. The molecule has 0 radical (unpaired) electrons. The van der Waals surface area contributed by atoms with Gasteiger partial charge < -0.3 is 19.3 Å². The molecule has 0 aliphatic carbocycles. The second-order valence-electron chi connectivity index (χ2n) is 9.22. The Hall–Kier alpha value is -2.08. The third kappa shape index (κ3) is 4.92. The number of likely N-dealkylation sites (tertiary alicyclic amines) is 2. The van der Waals surface area contributed by atoms with Crippen LogP contribution in [0.3, 0.4) is 0 Å². The fourth-order valence-corrected chi connectivity index (χ4v) is 4.40. The average molecular weight is 403 g/mol. The Kier molecular flexibility index (Phi) is 6.52. The van der Waals surface area contributed by atoms with Crippen molar-refractivity contribution in [3.8, 4) is 0 Å². The Labute approximate surface area is 174 Å². The molecule has 3 atom stereocenters. The largest absolute Gasteiger partial charge is 0.444 e. The van der Waals surface area contributed by atoms with Crippen molar-refractivity contribution in [2.24, 2.45) is 5.92 Å². The van der Waals surface area contributed by atoms with Crippen LogP contribution < -0.4 is 0 Å². The van der Waals surface area contributed by atoms with E-state index < -0.39 is 5.60 Å². The molecular weight excluding hydrogens is 368 g/mol. The number of rotatable bonds is 5. The van der Waals surface area contributed by atoms with E-state index in [-0.39, 0.29) is 30.1 Å². The normalized spacial score (nSPS) is 22.2. The summed E-state index contributed by atoms with van der Waals surface area (Å²) in [4.78, 5) is 29.4. The first-order valence-corrected chi connectivity index (χ1v) is 10.6. The van der Waals surface area contributed by atoms with Crippen molar-refractivity contribution in [2.45, 2.75) is 64.2 Å². The molecule has 6 nitrogen and oxygen atoms in total. The highest BCUT2D eigenvalue weighted by Crippen LogP contribution is 2.32. The minimum absolute atomic E-state index is 0.0973. The molecule has 6 heteroatoms. The van der Waals surface area contributed by atoms with Crippen LogP contribution in [0.4, 0.5) is 4.79 Å². The quantitative estimate of drug-likeness (QED) is 0.754. The van der Waals surface area contributed by atoms with Crippen molar-refractivity contribution in [2.75, 3.05) is 26.7 Å². The Morgan fingerprint density at radius 3 is 2.38 bits per heavy atom. The monoisotopic (exact) mass is 402 g/mol. The third-order valence-electron chi connectivity index (χ3n) is 5.93. The molecule has 0 saturated carbocycles. The first kappa shape index (κ1) is 21.6. The van der Waals surface area contributed by atoms with Gasteiger partial charge in [0.25, 0.3) is 0 Å². The lowest BCUT2D eigenvalue weighted by molar-refractivity contribution is -0.146. The fourth-order valence-electron chi connectivity index (χ4n) is 4.40. The molecule has 0 aromatic heterocycles. The molecule has 0 spiro atoms. The zero-order chi connectivity index (χ0) is 21.2. The minimum Gasteiger partial charge on any atom is -0.444 e. The third-order valence-corrected chi connectivity index (χ3v) is 5.93. The van der Waals surface area contributed by atoms with E-state index in [0.29, 0.717) is 12.5 Å². The van der Waals surface area contributed by atoms with Crippen LogP contribution in [0.25, 0.3) is 0 Å². The summed E-state index contributed by atoms with van der Waals surface area (Å²) >= 11 is 0. The SMILES string of the molecule is CO[C@H]([C@@H](C)C(=O)N1CC(c2ccccc2)C1)[C@@H]1CCCN1C(=O)OC(C)(C)C. The van der Waals surface area contributed by atoms with Crippen LogP contribution in [-0.2, 0) is 14.3 Å². The molecule has 1 aromatic carbocycles. The second kappa shape index (κ2) is 8.74. The summed E-state index contributed by atoms with van der Waals surface area (Å²) < 4.78 is 11.3. The second-order valence-corrected chi connectivity index (χ2v) is 9.22. The van der Waals surface area contributed by atoms with Gasteiger partial charge in [-0.15, -0.1) is 0 Å². The van der Waals surface area contributed by atoms with E-state index in [4.69, 9.17) is 9.47 Å². The van der Waals surface area contributed by atoms with E-state index in [1.54, 1.807) is 12.0 Å². The van der Waals surface area contributed by atoms with Crippen molar-refractivity contribution in [1.82, 2.24) is 9.80 Å². The van der Waals surface area contributed by atoms with Crippen LogP contribution in [0.15, 0.2) is 30.3 Å². The number of hydrogen-bond donors (Lipinski definition) is 0. The van der Waals surface area contributed by atoms with Crippen LogP contribution in [0, 0.1) is 5.92 Å². The molecule has 0 unspecified atom stereocenters. The van der Waals surface area contributed by atoms with Crippen molar-refractivity contribution < 1.29 is 19.1 Å². The number of ether oxygens (including phenoxy) is 2. The van der Waals surface area contributed by atoms with Gasteiger partial charge >= 0.3 is 6.09 Å². The van der Waals surface area contributed by atoms with Gasteiger partial charge in [-0.2, -0.15) is 0 Å². The van der Waals surface area contributed by atoms with Gasteiger partial charge in [0.2, 0.25) is 5.91 Å². The predicted molar refractivity (Wildman–Crippen MR) is 112 cm³/mol. The van der Waals surface area contributed by atoms with Gasteiger partial charge in [-0.05, 0) is 39.2 Å². The molecule has 2 heterocycles. The number of carbonyl (C=O) groups is 2. The van der Waals surface area contributed by atoms with Crippen LogP contribution in [0.1, 0.15) is 52.0 Å². The lowest BCUT2D eigenvalue weighted by Gasteiger charge is -2.43. The molecule has 3 rings (SSSR count). The average Bonchev–Trinajstić information content (AvgIpc) is 3.10. The summed E-state index contributed by atoms with van der Waals surface area (Å²) in [5.41, 5.74) is 0.734. The highest BCUT2D eigenvalue weighted by Gasteiger charge is 2.43. The first-order chi connectivity index (χ1) is 13.7. The van der Waals surface area contributed by atoms with Crippen molar-refractivity contribution in [1.29, 1.82) is 0 Å². The van der Waals surface area contributed by atoms with Crippen LogP contribution in [-0.4, -0.2) is 66.3 Å². The number of benzene rings is 1. The lowest BCUT2D eigenvalue weighted by atomic mass is 9.88. The molecule has 2 amide bonds. The number of nitrogens with zero attached hydrogens (tertiary/aromatic N) is 2. The summed E-state index contributed by atoms with van der Waals surface area (Å²) in [6, 6.07) is 10.2. The van der Waals surface area contributed by atoms with Gasteiger partial charge in [0, 0.05) is 32.7 Å². The fraction of sp³-hybridized carbons (Fsp3) is 0.652. The van der Waals surface area contributed by atoms with Gasteiger partial charge in [-0.25, -0.2) is 4.79 Å². The molecular formula is C23H34N2O4. The van der Waals surface area contributed by atoms with Crippen molar-refractivity contribution in [3.05, 3.63) is 35.9 Å². The van der Waals surface area contributed by atoms with Gasteiger partial charge in [-0.3, -0.25) is 4.79 Å². The smallest absolute Gasteiger partial charge is 0.410 e. The van der Waals surface area contributed by atoms with E-state index in [1.807, 2.05) is 50.8 Å². The molecule has 2 fully saturated rings. The molecule has 160 valence electrons. The maximum absolute atomic E-state index is 13.1. The highest BCUT2D eigenvalue weighted by molar-refractivity contribution is 5.80. The summed E-state index contributed by atoms with van der Waals surface area (Å²) in [7, 11) is 1.63. The topological polar surface area (TPSA) is 59.1 Å². The van der Waals surface area contributed by atoms with Crippen molar-refractivity contribution in [3.63, 3.8) is 0 Å². The zero-order valence-electron chi connectivity index (χ0n) is 18.3. The summed E-state index contributed by atoms with van der Waals surface area (Å²) in [5.74, 6) is 0.183. The van der Waals surface area contributed by atoms with Crippen LogP contribution in [0.5, 0.6) is 0 Å². The molecule has 2 aliphatic heterocycles. The predicted octanol–water partition coefficient (Wildman–Crippen LogP) is 3.66.